The molecule has 4 nitrogen and oxygen atoms in total. The molecule has 2 rings (SSSR count). The summed E-state index contributed by atoms with van der Waals surface area (Å²) in [6.07, 6.45) is 0.867. The van der Waals surface area contributed by atoms with E-state index in [2.05, 4.69) is 17.2 Å². The summed E-state index contributed by atoms with van der Waals surface area (Å²) < 4.78 is 5.20. The van der Waals surface area contributed by atoms with E-state index in [-0.39, 0.29) is 18.6 Å². The molecule has 1 aromatic rings. The van der Waals surface area contributed by atoms with Gasteiger partial charge in [0.2, 0.25) is 0 Å². The number of benzene rings is 1. The Morgan fingerprint density at radius 2 is 2.22 bits per heavy atom. The van der Waals surface area contributed by atoms with Crippen LogP contribution in [0.1, 0.15) is 22.3 Å². The molecular weight excluding hydrogens is 230 g/mol. The van der Waals surface area contributed by atoms with Gasteiger partial charge in [-0.05, 0) is 30.7 Å². The number of hydrogen-bond donors (Lipinski definition) is 2. The van der Waals surface area contributed by atoms with Gasteiger partial charge >= 0.3 is 0 Å². The maximum Gasteiger partial charge on any atom is 0.251 e. The average molecular weight is 245 g/mol. The van der Waals surface area contributed by atoms with E-state index in [1.807, 2.05) is 0 Å². The molecule has 4 heteroatoms. The molecular formula is C14H15NO3. The summed E-state index contributed by atoms with van der Waals surface area (Å²) in [5, 5.41) is 11.5. The monoisotopic (exact) mass is 245 g/mol. The number of nitrogens with one attached hydrogen (secondary N) is 1. The van der Waals surface area contributed by atoms with Crippen LogP contribution in [-0.2, 0) is 4.74 Å². The highest BCUT2D eigenvalue weighted by molar-refractivity contribution is 5.94. The van der Waals surface area contributed by atoms with Crippen molar-refractivity contribution in [3.63, 3.8) is 0 Å². The van der Waals surface area contributed by atoms with Gasteiger partial charge in [-0.25, -0.2) is 0 Å². The largest absolute Gasteiger partial charge is 0.384 e. The van der Waals surface area contributed by atoms with Crippen molar-refractivity contribution in [3.05, 3.63) is 35.4 Å². The van der Waals surface area contributed by atoms with E-state index in [4.69, 9.17) is 9.84 Å². The molecule has 2 N–H and O–H groups in total. The first kappa shape index (κ1) is 12.6. The fourth-order valence-electron chi connectivity index (χ4n) is 1.76. The van der Waals surface area contributed by atoms with Crippen LogP contribution in [0.3, 0.4) is 0 Å². The molecule has 18 heavy (non-hydrogen) atoms. The van der Waals surface area contributed by atoms with Gasteiger partial charge in [0.05, 0.1) is 12.6 Å². The lowest BCUT2D eigenvalue weighted by Crippen LogP contribution is -2.34. The van der Waals surface area contributed by atoms with Crippen LogP contribution in [0.15, 0.2) is 24.3 Å². The van der Waals surface area contributed by atoms with E-state index in [9.17, 15) is 4.79 Å². The maximum absolute atomic E-state index is 11.9. The Balaban J connectivity index is 1.97. The zero-order chi connectivity index (χ0) is 12.8. The molecule has 1 aliphatic heterocycles. The third kappa shape index (κ3) is 3.33. The Morgan fingerprint density at radius 3 is 2.83 bits per heavy atom. The second-order valence-corrected chi connectivity index (χ2v) is 4.07. The van der Waals surface area contributed by atoms with E-state index < -0.39 is 0 Å². The SMILES string of the molecule is O=C(NC1CCOC1)c1ccc(C#CCO)cc1. The molecule has 0 aliphatic carbocycles. The van der Waals surface area contributed by atoms with Crippen molar-refractivity contribution in [1.82, 2.24) is 5.32 Å². The topological polar surface area (TPSA) is 58.6 Å². The maximum atomic E-state index is 11.9. The number of hydrogen-bond acceptors (Lipinski definition) is 3. The molecule has 1 unspecified atom stereocenters. The minimum Gasteiger partial charge on any atom is -0.384 e. The highest BCUT2D eigenvalue weighted by atomic mass is 16.5. The molecule has 1 aliphatic rings. The lowest BCUT2D eigenvalue weighted by molar-refractivity contribution is 0.0930. The molecule has 0 aromatic heterocycles. The summed E-state index contributed by atoms with van der Waals surface area (Å²) in [5.74, 6) is 5.25. The minimum atomic E-state index is -0.163. The van der Waals surface area contributed by atoms with Crippen molar-refractivity contribution in [1.29, 1.82) is 0 Å². The Labute approximate surface area is 106 Å². The highest BCUT2D eigenvalue weighted by Crippen LogP contribution is 2.07. The molecule has 0 radical (unpaired) electrons. The second-order valence-electron chi connectivity index (χ2n) is 4.07. The lowest BCUT2D eigenvalue weighted by Gasteiger charge is -2.10. The first-order valence-electron chi connectivity index (χ1n) is 5.88. The van der Waals surface area contributed by atoms with E-state index in [0.29, 0.717) is 18.8 Å². The number of rotatable bonds is 2. The number of ether oxygens (including phenoxy) is 1. The van der Waals surface area contributed by atoms with Crippen molar-refractivity contribution in [2.24, 2.45) is 0 Å². The Morgan fingerprint density at radius 1 is 1.44 bits per heavy atom. The summed E-state index contributed by atoms with van der Waals surface area (Å²) >= 11 is 0. The van der Waals surface area contributed by atoms with E-state index in [1.165, 1.54) is 0 Å². The quantitative estimate of drug-likeness (QED) is 0.748. The highest BCUT2D eigenvalue weighted by Gasteiger charge is 2.18. The van der Waals surface area contributed by atoms with Gasteiger partial charge in [-0.15, -0.1) is 0 Å². The van der Waals surface area contributed by atoms with E-state index in [1.54, 1.807) is 24.3 Å². The number of aliphatic hydroxyl groups is 1. The first-order chi connectivity index (χ1) is 8.79. The number of carbonyl (C=O) groups excluding carboxylic acids is 1. The summed E-state index contributed by atoms with van der Waals surface area (Å²) in [6.45, 7) is 1.14. The summed E-state index contributed by atoms with van der Waals surface area (Å²) in [4.78, 5) is 11.9. The van der Waals surface area contributed by atoms with Crippen LogP contribution in [0.2, 0.25) is 0 Å². The van der Waals surface area contributed by atoms with Gasteiger partial charge in [-0.3, -0.25) is 4.79 Å². The van der Waals surface area contributed by atoms with Crippen molar-refractivity contribution in [2.45, 2.75) is 12.5 Å². The van der Waals surface area contributed by atoms with Crippen LogP contribution < -0.4 is 5.32 Å². The van der Waals surface area contributed by atoms with Crippen LogP contribution in [0.4, 0.5) is 0 Å². The fraction of sp³-hybridized carbons (Fsp3) is 0.357. The molecule has 1 saturated heterocycles. The van der Waals surface area contributed by atoms with Gasteiger partial charge in [0, 0.05) is 17.7 Å². The first-order valence-corrected chi connectivity index (χ1v) is 5.88. The van der Waals surface area contributed by atoms with Crippen molar-refractivity contribution in [3.8, 4) is 11.8 Å². The molecule has 1 fully saturated rings. The Kier molecular flexibility index (Phi) is 4.35. The van der Waals surface area contributed by atoms with E-state index in [0.717, 1.165) is 12.0 Å². The van der Waals surface area contributed by atoms with Gasteiger partial charge in [0.1, 0.15) is 6.61 Å². The fourth-order valence-corrected chi connectivity index (χ4v) is 1.76. The molecule has 1 amide bonds. The van der Waals surface area contributed by atoms with Crippen LogP contribution in [0.25, 0.3) is 0 Å². The van der Waals surface area contributed by atoms with Crippen molar-refractivity contribution in [2.75, 3.05) is 19.8 Å². The van der Waals surface area contributed by atoms with Crippen LogP contribution >= 0.6 is 0 Å². The van der Waals surface area contributed by atoms with Gasteiger partial charge in [-0.2, -0.15) is 0 Å². The molecule has 94 valence electrons. The van der Waals surface area contributed by atoms with Gasteiger partial charge in [-0.1, -0.05) is 11.8 Å². The third-order valence-corrected chi connectivity index (χ3v) is 2.72. The number of carbonyl (C=O) groups is 1. The van der Waals surface area contributed by atoms with Gasteiger partial charge in [0.25, 0.3) is 5.91 Å². The molecule has 1 aromatic carbocycles. The van der Waals surface area contributed by atoms with Crippen LogP contribution in [-0.4, -0.2) is 36.9 Å². The van der Waals surface area contributed by atoms with Gasteiger partial charge < -0.3 is 15.2 Å². The zero-order valence-electron chi connectivity index (χ0n) is 9.98. The van der Waals surface area contributed by atoms with Crippen LogP contribution in [0, 0.1) is 11.8 Å². The number of aliphatic hydroxyl groups excluding tert-OH is 1. The van der Waals surface area contributed by atoms with Crippen LogP contribution in [0.5, 0.6) is 0 Å². The standard InChI is InChI=1S/C14H15NO3/c16-8-1-2-11-3-5-12(6-4-11)14(17)15-13-7-9-18-10-13/h3-6,13,16H,7-10H2,(H,15,17). The second kappa shape index (κ2) is 6.20. The molecule has 0 spiro atoms. The molecule has 1 heterocycles. The zero-order valence-corrected chi connectivity index (χ0v) is 9.98. The Hall–Kier alpha value is -1.83. The summed E-state index contributed by atoms with van der Waals surface area (Å²) in [6, 6.07) is 7.11. The molecule has 0 bridgehead atoms. The average Bonchev–Trinajstić information content (AvgIpc) is 2.89. The molecule has 0 saturated carbocycles. The summed E-state index contributed by atoms with van der Waals surface area (Å²) in [7, 11) is 0. The van der Waals surface area contributed by atoms with Gasteiger partial charge in [0.15, 0.2) is 0 Å². The van der Waals surface area contributed by atoms with Crippen molar-refractivity contribution >= 4 is 5.91 Å². The predicted octanol–water partition coefficient (Wildman–Crippen LogP) is 0.549. The third-order valence-electron chi connectivity index (χ3n) is 2.72. The van der Waals surface area contributed by atoms with Crippen molar-refractivity contribution < 1.29 is 14.6 Å². The van der Waals surface area contributed by atoms with E-state index >= 15 is 0 Å². The minimum absolute atomic E-state index is 0.0906. The normalized spacial score (nSPS) is 17.9. The lowest BCUT2D eigenvalue weighted by atomic mass is 10.1. The number of amides is 1. The Bertz CT molecular complexity index is 464. The molecule has 1 atom stereocenters. The summed E-state index contributed by atoms with van der Waals surface area (Å²) in [5.41, 5.74) is 1.39. The predicted molar refractivity (Wildman–Crippen MR) is 67.1 cm³/mol. The smallest absolute Gasteiger partial charge is 0.251 e.